The number of carbonyl (C=O) groups is 2. The summed E-state index contributed by atoms with van der Waals surface area (Å²) < 4.78 is 5.63. The van der Waals surface area contributed by atoms with Crippen LogP contribution in [-0.2, 0) is 11.2 Å². The fourth-order valence-corrected chi connectivity index (χ4v) is 4.93. The molecule has 0 saturated carbocycles. The zero-order valence-electron chi connectivity index (χ0n) is 20.6. The third-order valence-corrected chi connectivity index (χ3v) is 6.95. The van der Waals surface area contributed by atoms with Crippen LogP contribution < -0.4 is 16.0 Å². The molecule has 4 N–H and O–H groups in total. The zero-order chi connectivity index (χ0) is 25.8. The lowest BCUT2D eigenvalue weighted by atomic mass is 10.1. The van der Waals surface area contributed by atoms with Crippen LogP contribution in [0.5, 0.6) is 0 Å². The largest absolute Gasteiger partial charge is 0.451 e. The first-order valence-electron chi connectivity index (χ1n) is 12.6. The van der Waals surface area contributed by atoms with Crippen LogP contribution in [0.25, 0.3) is 21.9 Å². The van der Waals surface area contributed by atoms with Crippen molar-refractivity contribution in [2.45, 2.75) is 19.3 Å². The number of aromatic amines is 1. The number of nitrogens with two attached hydrogens (primary N) is 1. The molecule has 9 heteroatoms. The number of fused-ring (bicyclic) bond motifs is 2. The Morgan fingerprint density at radius 3 is 2.70 bits per heavy atom. The number of H-pyrrole nitrogens is 1. The molecule has 1 fully saturated rings. The van der Waals surface area contributed by atoms with E-state index >= 15 is 0 Å². The quantitative estimate of drug-likeness (QED) is 0.304. The van der Waals surface area contributed by atoms with Gasteiger partial charge in [-0.3, -0.25) is 14.5 Å². The Kier molecular flexibility index (Phi) is 7.10. The molecule has 2 amide bonds. The van der Waals surface area contributed by atoms with Gasteiger partial charge in [-0.1, -0.05) is 0 Å². The average Bonchev–Trinajstić information content (AvgIpc) is 3.53. The van der Waals surface area contributed by atoms with Gasteiger partial charge in [0.15, 0.2) is 5.76 Å². The summed E-state index contributed by atoms with van der Waals surface area (Å²) in [5, 5.41) is 13.6. The molecule has 2 aromatic heterocycles. The molecule has 37 heavy (non-hydrogen) atoms. The second-order valence-electron chi connectivity index (χ2n) is 9.45. The maximum atomic E-state index is 12.2. The van der Waals surface area contributed by atoms with Crippen LogP contribution in [0.4, 0.5) is 5.69 Å². The second-order valence-corrected chi connectivity index (χ2v) is 9.45. The topological polar surface area (TPSA) is 131 Å². The predicted molar refractivity (Wildman–Crippen MR) is 142 cm³/mol. The summed E-state index contributed by atoms with van der Waals surface area (Å²) in [7, 11) is 0. The molecule has 1 aliphatic heterocycles. The number of anilines is 1. The molecule has 1 aliphatic rings. The number of primary amides is 1. The molecule has 0 bridgehead atoms. The standard InChI is InChI=1S/C28H30N6O3/c29-16-19-4-6-24-23(13-19)20(17-31-24)3-1-2-8-33-9-11-34(12-10-33)22-5-7-25-21(14-22)15-26(37-25)28(36)32-18-27(30)35/h4-7,13-15,17,31H,1-3,8-12,18H2,(H2,30,35)(H,32,36). The molecule has 0 spiro atoms. The number of rotatable bonds is 9. The van der Waals surface area contributed by atoms with Crippen molar-refractivity contribution in [1.82, 2.24) is 15.2 Å². The van der Waals surface area contributed by atoms with Gasteiger partial charge in [-0.25, -0.2) is 0 Å². The first-order valence-corrected chi connectivity index (χ1v) is 12.6. The summed E-state index contributed by atoms with van der Waals surface area (Å²) in [6.07, 6.45) is 5.31. The highest BCUT2D eigenvalue weighted by molar-refractivity contribution is 5.98. The van der Waals surface area contributed by atoms with Crippen molar-refractivity contribution in [3.63, 3.8) is 0 Å². The Hall–Kier alpha value is -4.29. The number of furan rings is 1. The van der Waals surface area contributed by atoms with Crippen LogP contribution in [0.2, 0.25) is 0 Å². The normalized spacial score (nSPS) is 14.2. The van der Waals surface area contributed by atoms with Gasteiger partial charge in [0, 0.05) is 54.4 Å². The molecule has 0 aliphatic carbocycles. The molecule has 0 unspecified atom stereocenters. The summed E-state index contributed by atoms with van der Waals surface area (Å²) in [6.45, 7) is 4.73. The van der Waals surface area contributed by atoms with E-state index < -0.39 is 11.8 Å². The molecule has 0 atom stereocenters. The van der Waals surface area contributed by atoms with E-state index in [1.165, 1.54) is 5.56 Å². The van der Waals surface area contributed by atoms with Crippen molar-refractivity contribution in [3.05, 3.63) is 65.5 Å². The van der Waals surface area contributed by atoms with E-state index in [-0.39, 0.29) is 12.3 Å². The fraction of sp³-hybridized carbons (Fsp3) is 0.321. The molecule has 9 nitrogen and oxygen atoms in total. The van der Waals surface area contributed by atoms with E-state index in [2.05, 4.69) is 32.4 Å². The van der Waals surface area contributed by atoms with E-state index in [4.69, 9.17) is 10.2 Å². The van der Waals surface area contributed by atoms with E-state index in [9.17, 15) is 14.9 Å². The number of nitriles is 1. The SMILES string of the molecule is N#Cc1ccc2[nH]cc(CCCCN3CCN(c4ccc5oc(C(=O)NCC(N)=O)cc5c4)CC3)c2c1. The number of carbonyl (C=O) groups excluding carboxylic acids is 2. The number of unbranched alkanes of at least 4 members (excludes halogenated alkanes) is 1. The highest BCUT2D eigenvalue weighted by atomic mass is 16.3. The summed E-state index contributed by atoms with van der Waals surface area (Å²) in [4.78, 5) is 31.2. The van der Waals surface area contributed by atoms with Crippen LogP contribution in [0, 0.1) is 11.3 Å². The van der Waals surface area contributed by atoms with Gasteiger partial charge in [-0.2, -0.15) is 5.26 Å². The van der Waals surface area contributed by atoms with E-state index in [0.29, 0.717) is 11.1 Å². The minimum absolute atomic E-state index is 0.163. The van der Waals surface area contributed by atoms with Gasteiger partial charge in [-0.15, -0.1) is 0 Å². The number of hydrogen-bond acceptors (Lipinski definition) is 6. The minimum Gasteiger partial charge on any atom is -0.451 e. The maximum absolute atomic E-state index is 12.2. The molecule has 4 aromatic rings. The average molecular weight is 499 g/mol. The number of aryl methyl sites for hydroxylation is 1. The Labute approximate surface area is 214 Å². The van der Waals surface area contributed by atoms with Gasteiger partial charge >= 0.3 is 0 Å². The summed E-state index contributed by atoms with van der Waals surface area (Å²) in [6, 6.07) is 15.7. The first kappa shape index (κ1) is 24.4. The van der Waals surface area contributed by atoms with E-state index in [1.54, 1.807) is 6.07 Å². The number of hydrogen-bond donors (Lipinski definition) is 3. The number of aromatic nitrogens is 1. The molecule has 190 valence electrons. The first-order chi connectivity index (χ1) is 18.0. The van der Waals surface area contributed by atoms with E-state index in [1.807, 2.05) is 36.4 Å². The Morgan fingerprint density at radius 2 is 1.92 bits per heavy atom. The number of nitrogens with one attached hydrogen (secondary N) is 2. The third-order valence-electron chi connectivity index (χ3n) is 6.95. The molecule has 1 saturated heterocycles. The van der Waals surface area contributed by atoms with Gasteiger partial charge in [0.1, 0.15) is 5.58 Å². The van der Waals surface area contributed by atoms with Gasteiger partial charge in [0.2, 0.25) is 5.91 Å². The number of benzene rings is 2. The van der Waals surface area contributed by atoms with Crippen molar-refractivity contribution in [2.24, 2.45) is 5.73 Å². The maximum Gasteiger partial charge on any atom is 0.287 e. The van der Waals surface area contributed by atoms with Crippen molar-refractivity contribution >= 4 is 39.4 Å². The summed E-state index contributed by atoms with van der Waals surface area (Å²) in [5.41, 5.74) is 9.88. The number of nitrogens with zero attached hydrogens (tertiary/aromatic N) is 3. The van der Waals surface area contributed by atoms with Crippen molar-refractivity contribution < 1.29 is 14.0 Å². The Bertz CT molecular complexity index is 1470. The second kappa shape index (κ2) is 10.8. The molecule has 2 aromatic carbocycles. The molecule has 3 heterocycles. The van der Waals surface area contributed by atoms with Gasteiger partial charge in [0.05, 0.1) is 18.2 Å². The zero-order valence-corrected chi connectivity index (χ0v) is 20.6. The summed E-state index contributed by atoms with van der Waals surface area (Å²) >= 11 is 0. The molecule has 0 radical (unpaired) electrons. The molecule has 5 rings (SSSR count). The number of amides is 2. The number of piperazine rings is 1. The van der Waals surface area contributed by atoms with Crippen LogP contribution in [0.3, 0.4) is 0 Å². The van der Waals surface area contributed by atoms with E-state index in [0.717, 1.165) is 74.0 Å². The van der Waals surface area contributed by atoms with Crippen LogP contribution in [0.1, 0.15) is 34.5 Å². The third kappa shape index (κ3) is 5.60. The summed E-state index contributed by atoms with van der Waals surface area (Å²) in [5.74, 6) is -0.895. The smallest absolute Gasteiger partial charge is 0.287 e. The lowest BCUT2D eigenvalue weighted by Crippen LogP contribution is -2.46. The molecular weight excluding hydrogens is 468 g/mol. The Balaban J connectivity index is 1.10. The lowest BCUT2D eigenvalue weighted by Gasteiger charge is -2.36. The van der Waals surface area contributed by atoms with Crippen LogP contribution in [-0.4, -0.2) is 61.0 Å². The van der Waals surface area contributed by atoms with Crippen LogP contribution >= 0.6 is 0 Å². The molecular formula is C28H30N6O3. The van der Waals surface area contributed by atoms with Crippen molar-refractivity contribution in [3.8, 4) is 6.07 Å². The minimum atomic E-state index is -0.602. The van der Waals surface area contributed by atoms with Gasteiger partial charge in [0.25, 0.3) is 5.91 Å². The fourth-order valence-electron chi connectivity index (χ4n) is 4.93. The van der Waals surface area contributed by atoms with Gasteiger partial charge in [-0.05, 0) is 73.8 Å². The van der Waals surface area contributed by atoms with Gasteiger partial charge < -0.3 is 25.4 Å². The highest BCUT2D eigenvalue weighted by Gasteiger charge is 2.19. The predicted octanol–water partition coefficient (Wildman–Crippen LogP) is 3.15. The Morgan fingerprint density at radius 1 is 1.08 bits per heavy atom. The van der Waals surface area contributed by atoms with Crippen molar-refractivity contribution in [1.29, 1.82) is 5.26 Å². The highest BCUT2D eigenvalue weighted by Crippen LogP contribution is 2.26. The van der Waals surface area contributed by atoms with Crippen molar-refractivity contribution in [2.75, 3.05) is 44.2 Å². The van der Waals surface area contributed by atoms with Crippen LogP contribution in [0.15, 0.2) is 53.1 Å². The monoisotopic (exact) mass is 498 g/mol. The lowest BCUT2D eigenvalue weighted by molar-refractivity contribution is -0.117.